The van der Waals surface area contributed by atoms with Gasteiger partial charge in [-0.25, -0.2) is 5.84 Å². The summed E-state index contributed by atoms with van der Waals surface area (Å²) in [7, 11) is 2.07. The zero-order chi connectivity index (χ0) is 13.0. The number of rotatable bonds is 5. The van der Waals surface area contributed by atoms with Crippen LogP contribution in [0.3, 0.4) is 0 Å². The van der Waals surface area contributed by atoms with E-state index in [0.29, 0.717) is 11.0 Å². The first kappa shape index (κ1) is 13.5. The predicted octanol–water partition coefficient (Wildman–Crippen LogP) is 0.962. The molecule has 0 spiro atoms. The van der Waals surface area contributed by atoms with Gasteiger partial charge in [0.15, 0.2) is 0 Å². The Labute approximate surface area is 111 Å². The van der Waals surface area contributed by atoms with Crippen LogP contribution < -0.4 is 11.3 Å². The Hall–Kier alpha value is -0.950. The molecule has 0 radical (unpaired) electrons. The second-order valence-electron chi connectivity index (χ2n) is 4.57. The van der Waals surface area contributed by atoms with Gasteiger partial charge in [-0.2, -0.15) is 0 Å². The Morgan fingerprint density at radius 3 is 3.17 bits per heavy atom. The molecule has 0 bridgehead atoms. The Morgan fingerprint density at radius 1 is 1.67 bits per heavy atom. The third-order valence-corrected chi connectivity index (χ3v) is 4.05. The normalized spacial score (nSPS) is 19.4. The van der Waals surface area contributed by atoms with E-state index < -0.39 is 0 Å². The monoisotopic (exact) mass is 269 g/mol. The van der Waals surface area contributed by atoms with E-state index in [0.717, 1.165) is 31.0 Å². The van der Waals surface area contributed by atoms with Crippen molar-refractivity contribution < 1.29 is 9.53 Å². The number of nitrogens with two attached hydrogens (primary N) is 1. The van der Waals surface area contributed by atoms with Crippen molar-refractivity contribution in [2.45, 2.75) is 25.5 Å². The van der Waals surface area contributed by atoms with E-state index in [2.05, 4.69) is 17.4 Å². The van der Waals surface area contributed by atoms with Gasteiger partial charge < -0.3 is 4.74 Å². The highest BCUT2D eigenvalue weighted by Gasteiger charge is 2.18. The molecule has 1 atom stereocenters. The second kappa shape index (κ2) is 6.29. The van der Waals surface area contributed by atoms with Gasteiger partial charge in [0.1, 0.15) is 0 Å². The minimum absolute atomic E-state index is 0.229. The lowest BCUT2D eigenvalue weighted by Gasteiger charge is -2.19. The molecule has 0 aliphatic carbocycles. The summed E-state index contributed by atoms with van der Waals surface area (Å²) in [5.74, 6) is 4.87. The van der Waals surface area contributed by atoms with Gasteiger partial charge in [-0.3, -0.25) is 15.1 Å². The minimum atomic E-state index is -0.229. The molecule has 100 valence electrons. The maximum Gasteiger partial charge on any atom is 0.275 e. The Bertz CT molecular complexity index is 402. The molecule has 1 aromatic rings. The smallest absolute Gasteiger partial charge is 0.275 e. The number of ether oxygens (including phenoxy) is 1. The van der Waals surface area contributed by atoms with Crippen molar-refractivity contribution in [3.63, 3.8) is 0 Å². The summed E-state index contributed by atoms with van der Waals surface area (Å²) in [6, 6.07) is 3.78. The van der Waals surface area contributed by atoms with Gasteiger partial charge in [-0.05, 0) is 32.0 Å². The number of thiophene rings is 1. The van der Waals surface area contributed by atoms with E-state index in [9.17, 15) is 4.79 Å². The SMILES string of the molecule is CN(Cc1ccc(C(=O)NN)s1)CC1CCCO1. The standard InChI is InChI=1S/C12H19N3O2S/c1-15(7-9-3-2-6-17-9)8-10-4-5-11(18-10)12(16)14-13/h4-5,9H,2-3,6-8,13H2,1H3,(H,14,16). The van der Waals surface area contributed by atoms with Gasteiger partial charge in [0.25, 0.3) is 5.91 Å². The number of hydrogen-bond donors (Lipinski definition) is 2. The third-order valence-electron chi connectivity index (χ3n) is 2.98. The lowest BCUT2D eigenvalue weighted by molar-refractivity contribution is 0.0796. The highest BCUT2D eigenvalue weighted by Crippen LogP contribution is 2.19. The molecule has 3 N–H and O–H groups in total. The Balaban J connectivity index is 1.84. The second-order valence-corrected chi connectivity index (χ2v) is 5.74. The lowest BCUT2D eigenvalue weighted by atomic mass is 10.2. The first-order valence-electron chi connectivity index (χ1n) is 6.09. The molecule has 1 amide bonds. The van der Waals surface area contributed by atoms with Crippen molar-refractivity contribution in [2.75, 3.05) is 20.2 Å². The van der Waals surface area contributed by atoms with Crippen molar-refractivity contribution >= 4 is 17.2 Å². The molecule has 1 aliphatic rings. The van der Waals surface area contributed by atoms with Gasteiger partial charge in [-0.1, -0.05) is 0 Å². The Morgan fingerprint density at radius 2 is 2.50 bits per heavy atom. The molecule has 18 heavy (non-hydrogen) atoms. The molecule has 1 unspecified atom stereocenters. The summed E-state index contributed by atoms with van der Waals surface area (Å²) < 4.78 is 5.60. The largest absolute Gasteiger partial charge is 0.377 e. The van der Waals surface area contributed by atoms with Crippen LogP contribution in [0.25, 0.3) is 0 Å². The summed E-state index contributed by atoms with van der Waals surface area (Å²) in [6.07, 6.45) is 2.68. The average molecular weight is 269 g/mol. The first-order chi connectivity index (χ1) is 8.69. The maximum atomic E-state index is 11.3. The predicted molar refractivity (Wildman–Crippen MR) is 71.3 cm³/mol. The van der Waals surface area contributed by atoms with Gasteiger partial charge in [-0.15, -0.1) is 11.3 Å². The number of carbonyl (C=O) groups excluding carboxylic acids is 1. The molecule has 1 fully saturated rings. The number of hydrazine groups is 1. The molecule has 0 aromatic carbocycles. The topological polar surface area (TPSA) is 67.6 Å². The van der Waals surface area contributed by atoms with Crippen LogP contribution in [0.4, 0.5) is 0 Å². The van der Waals surface area contributed by atoms with Crippen LogP contribution in [0.15, 0.2) is 12.1 Å². The fourth-order valence-electron chi connectivity index (χ4n) is 2.12. The van der Waals surface area contributed by atoms with E-state index >= 15 is 0 Å². The lowest BCUT2D eigenvalue weighted by Crippen LogP contribution is -2.29. The van der Waals surface area contributed by atoms with Crippen molar-refractivity contribution in [1.82, 2.24) is 10.3 Å². The van der Waals surface area contributed by atoms with Gasteiger partial charge in [0.05, 0.1) is 11.0 Å². The molecule has 2 heterocycles. The Kier molecular flexibility index (Phi) is 4.71. The first-order valence-corrected chi connectivity index (χ1v) is 6.90. The third kappa shape index (κ3) is 3.52. The molecule has 1 saturated heterocycles. The number of likely N-dealkylation sites (N-methyl/N-ethyl adjacent to an activating group) is 1. The summed E-state index contributed by atoms with van der Waals surface area (Å²) in [5.41, 5.74) is 2.14. The van der Waals surface area contributed by atoms with Crippen LogP contribution in [-0.4, -0.2) is 37.1 Å². The van der Waals surface area contributed by atoms with E-state index in [1.54, 1.807) is 0 Å². The zero-order valence-corrected chi connectivity index (χ0v) is 11.3. The van der Waals surface area contributed by atoms with Crippen LogP contribution in [0.2, 0.25) is 0 Å². The number of nitrogens with one attached hydrogen (secondary N) is 1. The molecule has 6 heteroatoms. The molecule has 5 nitrogen and oxygen atoms in total. The average Bonchev–Trinajstić information content (AvgIpc) is 2.99. The van der Waals surface area contributed by atoms with Gasteiger partial charge in [0, 0.05) is 24.6 Å². The molecule has 1 aliphatic heterocycles. The number of nitrogen functional groups attached to an aromatic ring is 1. The highest BCUT2D eigenvalue weighted by molar-refractivity contribution is 7.14. The van der Waals surface area contributed by atoms with Crippen LogP contribution in [0.1, 0.15) is 27.4 Å². The number of hydrogen-bond acceptors (Lipinski definition) is 5. The maximum absolute atomic E-state index is 11.3. The summed E-state index contributed by atoms with van der Waals surface area (Å²) in [4.78, 5) is 15.4. The van der Waals surface area contributed by atoms with Crippen LogP contribution in [0.5, 0.6) is 0 Å². The number of carbonyl (C=O) groups is 1. The van der Waals surface area contributed by atoms with Crippen molar-refractivity contribution in [1.29, 1.82) is 0 Å². The number of nitrogens with zero attached hydrogens (tertiary/aromatic N) is 1. The molecular formula is C12H19N3O2S. The van der Waals surface area contributed by atoms with Crippen LogP contribution in [0, 0.1) is 0 Å². The quantitative estimate of drug-likeness (QED) is 0.475. The molecule has 1 aromatic heterocycles. The van der Waals surface area contributed by atoms with E-state index in [1.807, 2.05) is 12.1 Å². The van der Waals surface area contributed by atoms with Crippen molar-refractivity contribution in [3.05, 3.63) is 21.9 Å². The fourth-order valence-corrected chi connectivity index (χ4v) is 3.11. The van der Waals surface area contributed by atoms with Crippen molar-refractivity contribution in [3.8, 4) is 0 Å². The van der Waals surface area contributed by atoms with Crippen LogP contribution >= 0.6 is 11.3 Å². The molecular weight excluding hydrogens is 250 g/mol. The fraction of sp³-hybridized carbons (Fsp3) is 0.583. The van der Waals surface area contributed by atoms with Gasteiger partial charge >= 0.3 is 0 Å². The van der Waals surface area contributed by atoms with E-state index in [4.69, 9.17) is 10.6 Å². The van der Waals surface area contributed by atoms with E-state index in [-0.39, 0.29) is 5.91 Å². The zero-order valence-electron chi connectivity index (χ0n) is 10.5. The minimum Gasteiger partial charge on any atom is -0.377 e. The van der Waals surface area contributed by atoms with Crippen molar-refractivity contribution in [2.24, 2.45) is 5.84 Å². The highest BCUT2D eigenvalue weighted by atomic mass is 32.1. The summed E-state index contributed by atoms with van der Waals surface area (Å²) >= 11 is 1.48. The number of amides is 1. The van der Waals surface area contributed by atoms with Crippen LogP contribution in [-0.2, 0) is 11.3 Å². The summed E-state index contributed by atoms with van der Waals surface area (Å²) in [5, 5.41) is 0. The summed E-state index contributed by atoms with van der Waals surface area (Å²) in [6.45, 7) is 2.66. The van der Waals surface area contributed by atoms with Gasteiger partial charge in [0.2, 0.25) is 0 Å². The molecule has 0 saturated carbocycles. The van der Waals surface area contributed by atoms with E-state index in [1.165, 1.54) is 17.8 Å². The molecule has 2 rings (SSSR count).